The molecule has 0 amide bonds. The van der Waals surface area contributed by atoms with Gasteiger partial charge in [0.1, 0.15) is 11.4 Å². The second kappa shape index (κ2) is 8.74. The second-order valence-electron chi connectivity index (χ2n) is 7.17. The number of anilines is 2. The highest BCUT2D eigenvalue weighted by Gasteiger charge is 2.34. The van der Waals surface area contributed by atoms with Crippen LogP contribution in [0.25, 0.3) is 0 Å². The molecule has 4 N–H and O–H groups in total. The molecule has 0 bridgehead atoms. The number of H-pyrrole nitrogens is 1. The molecule has 1 aliphatic rings. The lowest BCUT2D eigenvalue weighted by molar-refractivity contribution is -0.0522. The molecule has 162 valence electrons. The van der Waals surface area contributed by atoms with Crippen LogP contribution in [0.5, 0.6) is 5.75 Å². The molecule has 2 aromatic rings. The minimum absolute atomic E-state index is 0.0757. The quantitative estimate of drug-likeness (QED) is 0.459. The van der Waals surface area contributed by atoms with Crippen molar-refractivity contribution in [1.82, 2.24) is 9.97 Å². The van der Waals surface area contributed by atoms with Gasteiger partial charge >= 0.3 is 6.61 Å². The van der Waals surface area contributed by atoms with Crippen LogP contribution < -0.4 is 20.5 Å². The van der Waals surface area contributed by atoms with Crippen LogP contribution in [0.4, 0.5) is 24.9 Å². The maximum atomic E-state index is 14.3. The number of hydrogen-bond donors (Lipinski definition) is 4. The first kappa shape index (κ1) is 21.6. The molecule has 0 spiro atoms. The summed E-state index contributed by atoms with van der Waals surface area (Å²) in [5.41, 5.74) is -0.576. The normalized spacial score (nSPS) is 14.5. The lowest BCUT2D eigenvalue weighted by Crippen LogP contribution is -2.28. The number of rotatable bonds is 9. The zero-order chi connectivity index (χ0) is 22.0. The number of benzene rings is 1. The monoisotopic (exact) mass is 425 g/mol. The molecule has 1 aromatic carbocycles. The van der Waals surface area contributed by atoms with E-state index in [2.05, 4.69) is 20.0 Å². The largest absolute Gasteiger partial charge is 0.432 e. The molecule has 8 nitrogen and oxygen atoms in total. The van der Waals surface area contributed by atoms with Gasteiger partial charge in [-0.15, -0.1) is 0 Å². The van der Waals surface area contributed by atoms with Crippen molar-refractivity contribution < 1.29 is 23.0 Å². The third kappa shape index (κ3) is 4.73. The van der Waals surface area contributed by atoms with Gasteiger partial charge in [0.25, 0.3) is 5.56 Å². The van der Waals surface area contributed by atoms with E-state index < -0.39 is 36.4 Å². The number of aromatic nitrogens is 2. The Labute approximate surface area is 170 Å². The average Bonchev–Trinajstić information content (AvgIpc) is 3.51. The lowest BCUT2D eigenvalue weighted by Gasteiger charge is -2.23. The minimum Gasteiger partial charge on any atom is -0.432 e. The molecule has 1 fully saturated rings. The van der Waals surface area contributed by atoms with Gasteiger partial charge in [0.2, 0.25) is 5.95 Å². The van der Waals surface area contributed by atoms with E-state index in [1.54, 1.807) is 19.0 Å². The van der Waals surface area contributed by atoms with E-state index in [1.165, 1.54) is 6.07 Å². The number of aliphatic hydroxyl groups excluding tert-OH is 1. The Kier molecular flexibility index (Phi) is 6.30. The van der Waals surface area contributed by atoms with Crippen LogP contribution in [0.3, 0.4) is 0 Å². The number of ether oxygens (including phenoxy) is 1. The number of aromatic amines is 1. The van der Waals surface area contributed by atoms with Crippen molar-refractivity contribution in [2.75, 3.05) is 30.9 Å². The van der Waals surface area contributed by atoms with Gasteiger partial charge in [-0.2, -0.15) is 13.8 Å². The first-order chi connectivity index (χ1) is 14.2. The molecule has 1 heterocycles. The average molecular weight is 425 g/mol. The minimum atomic E-state index is -3.14. The Morgan fingerprint density at radius 3 is 2.67 bits per heavy atom. The Morgan fingerprint density at radius 2 is 2.13 bits per heavy atom. The van der Waals surface area contributed by atoms with E-state index in [9.17, 15) is 23.1 Å². The van der Waals surface area contributed by atoms with Crippen molar-refractivity contribution in [1.29, 1.82) is 5.41 Å². The smallest absolute Gasteiger partial charge is 0.387 e. The Bertz CT molecular complexity index is 992. The second-order valence-corrected chi connectivity index (χ2v) is 7.17. The van der Waals surface area contributed by atoms with Crippen LogP contribution in [0.2, 0.25) is 0 Å². The van der Waals surface area contributed by atoms with E-state index in [0.717, 1.165) is 25.0 Å². The van der Waals surface area contributed by atoms with Crippen molar-refractivity contribution in [2.24, 2.45) is 5.92 Å². The van der Waals surface area contributed by atoms with Gasteiger partial charge in [-0.05, 0) is 36.5 Å². The molecule has 0 saturated heterocycles. The predicted octanol–water partition coefficient (Wildman–Crippen LogP) is 2.50. The summed E-state index contributed by atoms with van der Waals surface area (Å²) in [4.78, 5) is 21.0. The van der Waals surface area contributed by atoms with Gasteiger partial charge in [0.15, 0.2) is 11.6 Å². The maximum Gasteiger partial charge on any atom is 0.387 e. The predicted molar refractivity (Wildman–Crippen MR) is 105 cm³/mol. The number of halogens is 3. The molecule has 0 radical (unpaired) electrons. The molecule has 1 atom stereocenters. The van der Waals surface area contributed by atoms with E-state index in [1.807, 2.05) is 0 Å². The molecular formula is C19H22F3N5O3. The fourth-order valence-corrected chi connectivity index (χ4v) is 3.09. The molecule has 1 saturated carbocycles. The zero-order valence-corrected chi connectivity index (χ0v) is 16.4. The fraction of sp³-hybridized carbons (Fsp3) is 0.421. The van der Waals surface area contributed by atoms with Crippen molar-refractivity contribution in [3.8, 4) is 5.75 Å². The van der Waals surface area contributed by atoms with Gasteiger partial charge in [0, 0.05) is 14.1 Å². The molecule has 0 aliphatic heterocycles. The standard InChI is InChI=1S/C19H22F3N5O3/c1-27(2)19-25-16(14(12(23)8-28)17(29)26-19)24-15(9-3-4-9)10-5-6-13(11(20)7-10)30-18(21)22/h5-7,9,15,18,23,28H,3-4,8H2,1-2H3,(H2,24,25,26,29). The SMILES string of the molecule is CN(C)c1nc(NC(c2ccc(OC(F)F)c(F)c2)C2CC2)c(C(=N)CO)c(=O)[nH]1. The summed E-state index contributed by atoms with van der Waals surface area (Å²) in [6.45, 7) is -3.80. The van der Waals surface area contributed by atoms with E-state index >= 15 is 0 Å². The highest BCUT2D eigenvalue weighted by Crippen LogP contribution is 2.43. The van der Waals surface area contributed by atoms with Crippen LogP contribution in [0.15, 0.2) is 23.0 Å². The topological polar surface area (TPSA) is 114 Å². The van der Waals surface area contributed by atoms with Crippen LogP contribution in [-0.4, -0.2) is 48.1 Å². The van der Waals surface area contributed by atoms with Crippen LogP contribution in [0, 0.1) is 17.1 Å². The van der Waals surface area contributed by atoms with Crippen LogP contribution >= 0.6 is 0 Å². The van der Waals surface area contributed by atoms with E-state index in [-0.39, 0.29) is 29.0 Å². The summed E-state index contributed by atoms with van der Waals surface area (Å²) in [6.07, 6.45) is 1.68. The summed E-state index contributed by atoms with van der Waals surface area (Å²) in [6, 6.07) is 3.22. The van der Waals surface area contributed by atoms with Crippen molar-refractivity contribution in [3.05, 3.63) is 45.5 Å². The summed E-state index contributed by atoms with van der Waals surface area (Å²) in [7, 11) is 3.35. The van der Waals surface area contributed by atoms with Crippen LogP contribution in [0.1, 0.15) is 30.0 Å². The maximum absolute atomic E-state index is 14.3. The molecular weight excluding hydrogens is 403 g/mol. The Morgan fingerprint density at radius 1 is 1.43 bits per heavy atom. The van der Waals surface area contributed by atoms with Crippen molar-refractivity contribution in [3.63, 3.8) is 0 Å². The van der Waals surface area contributed by atoms with E-state index in [4.69, 9.17) is 5.41 Å². The highest BCUT2D eigenvalue weighted by atomic mass is 19.3. The molecule has 30 heavy (non-hydrogen) atoms. The van der Waals surface area contributed by atoms with Crippen molar-refractivity contribution in [2.45, 2.75) is 25.5 Å². The van der Waals surface area contributed by atoms with E-state index in [0.29, 0.717) is 5.56 Å². The van der Waals surface area contributed by atoms with Gasteiger partial charge in [-0.1, -0.05) is 6.07 Å². The molecule has 11 heteroatoms. The fourth-order valence-electron chi connectivity index (χ4n) is 3.09. The van der Waals surface area contributed by atoms with Gasteiger partial charge in [-0.3, -0.25) is 9.78 Å². The summed E-state index contributed by atoms with van der Waals surface area (Å²) < 4.78 is 43.2. The summed E-state index contributed by atoms with van der Waals surface area (Å²) in [5.74, 6) is -1.08. The van der Waals surface area contributed by atoms with Crippen molar-refractivity contribution >= 4 is 17.5 Å². The number of alkyl halides is 2. The van der Waals surface area contributed by atoms with Gasteiger partial charge < -0.3 is 25.5 Å². The van der Waals surface area contributed by atoms with Gasteiger partial charge in [0.05, 0.1) is 18.4 Å². The number of aliphatic hydroxyl groups is 1. The molecule has 1 aliphatic carbocycles. The van der Waals surface area contributed by atoms with Gasteiger partial charge in [-0.25, -0.2) is 4.39 Å². The summed E-state index contributed by atoms with van der Waals surface area (Å²) >= 11 is 0. The summed E-state index contributed by atoms with van der Waals surface area (Å²) in [5, 5.41) is 20.4. The Hall–Kier alpha value is -3.08. The number of nitrogens with one attached hydrogen (secondary N) is 3. The molecule has 1 aromatic heterocycles. The first-order valence-electron chi connectivity index (χ1n) is 9.22. The third-order valence-electron chi connectivity index (χ3n) is 4.71. The Balaban J connectivity index is 2.01. The number of hydrogen-bond acceptors (Lipinski definition) is 7. The van der Waals surface area contributed by atoms with Crippen LogP contribution in [-0.2, 0) is 0 Å². The third-order valence-corrected chi connectivity index (χ3v) is 4.71. The number of nitrogens with zero attached hydrogens (tertiary/aromatic N) is 2. The first-order valence-corrected chi connectivity index (χ1v) is 9.22. The zero-order valence-electron chi connectivity index (χ0n) is 16.4. The molecule has 3 rings (SSSR count). The lowest BCUT2D eigenvalue weighted by atomic mass is 10.0. The highest BCUT2D eigenvalue weighted by molar-refractivity contribution is 6.02. The molecule has 1 unspecified atom stereocenters.